The van der Waals surface area contributed by atoms with Gasteiger partial charge < -0.3 is 14.9 Å². The summed E-state index contributed by atoms with van der Waals surface area (Å²) < 4.78 is 18.9. The Labute approximate surface area is 116 Å². The van der Waals surface area contributed by atoms with Crippen LogP contribution in [0.15, 0.2) is 24.3 Å². The predicted octanol–water partition coefficient (Wildman–Crippen LogP) is 0.516. The van der Waals surface area contributed by atoms with Crippen LogP contribution in [0.3, 0.4) is 0 Å². The van der Waals surface area contributed by atoms with Crippen LogP contribution in [0.1, 0.15) is 5.56 Å². The molecule has 1 aromatic rings. The van der Waals surface area contributed by atoms with Crippen molar-refractivity contribution < 1.29 is 24.1 Å². The first kappa shape index (κ1) is 14.9. The topological polar surface area (TPSA) is 70.0 Å². The zero-order chi connectivity index (χ0) is 14.6. The highest BCUT2D eigenvalue weighted by Crippen LogP contribution is 2.23. The number of hydrogen-bond acceptors (Lipinski definition) is 4. The highest BCUT2D eigenvalue weighted by Gasteiger charge is 2.37. The molecule has 1 heterocycles. The second-order valence-corrected chi connectivity index (χ2v) is 5.10. The first-order chi connectivity index (χ1) is 9.53. The number of aliphatic hydroxyl groups excluding tert-OH is 1. The summed E-state index contributed by atoms with van der Waals surface area (Å²) in [5, 5.41) is 18.5. The number of aliphatic carboxylic acids is 1. The second-order valence-electron chi connectivity index (χ2n) is 5.10. The van der Waals surface area contributed by atoms with Crippen molar-refractivity contribution >= 4 is 5.97 Å². The summed E-state index contributed by atoms with van der Waals surface area (Å²) in [6, 6.07) is 6.12. The largest absolute Gasteiger partial charge is 0.480 e. The third kappa shape index (κ3) is 3.75. The Morgan fingerprint density at radius 2 is 2.30 bits per heavy atom. The molecule has 0 unspecified atom stereocenters. The summed E-state index contributed by atoms with van der Waals surface area (Å²) in [5.41, 5.74) is -0.155. The van der Waals surface area contributed by atoms with E-state index in [4.69, 9.17) is 9.84 Å². The van der Waals surface area contributed by atoms with Crippen LogP contribution < -0.4 is 0 Å². The van der Waals surface area contributed by atoms with Gasteiger partial charge in [0.05, 0.1) is 19.8 Å². The lowest BCUT2D eigenvalue weighted by Crippen LogP contribution is -2.56. The molecule has 1 aromatic carbocycles. The Hall–Kier alpha value is -1.50. The molecule has 0 radical (unpaired) electrons. The lowest BCUT2D eigenvalue weighted by Gasteiger charge is -2.41. The monoisotopic (exact) mass is 283 g/mol. The number of aliphatic hydroxyl groups is 1. The number of carboxylic acids is 1. The molecule has 0 aliphatic carbocycles. The maximum absolute atomic E-state index is 13.2. The molecule has 2 rings (SSSR count). The summed E-state index contributed by atoms with van der Waals surface area (Å²) in [7, 11) is 0. The van der Waals surface area contributed by atoms with Crippen LogP contribution >= 0.6 is 0 Å². The van der Waals surface area contributed by atoms with E-state index in [0.717, 1.165) is 5.56 Å². The van der Waals surface area contributed by atoms with Gasteiger partial charge in [0.25, 0.3) is 0 Å². The average Bonchev–Trinajstić information content (AvgIpc) is 2.38. The number of nitrogens with zero attached hydrogens (tertiary/aromatic N) is 1. The molecule has 0 saturated carbocycles. The van der Waals surface area contributed by atoms with Gasteiger partial charge in [-0.05, 0) is 17.7 Å². The maximum atomic E-state index is 13.2. The molecule has 1 aliphatic heterocycles. The van der Waals surface area contributed by atoms with Crippen LogP contribution in [-0.2, 0) is 16.0 Å². The Kier molecular flexibility index (Phi) is 4.69. The van der Waals surface area contributed by atoms with Crippen LogP contribution in [0.25, 0.3) is 0 Å². The van der Waals surface area contributed by atoms with Crippen molar-refractivity contribution in [2.75, 3.05) is 32.8 Å². The Bertz CT molecular complexity index is 482. The van der Waals surface area contributed by atoms with E-state index < -0.39 is 11.6 Å². The van der Waals surface area contributed by atoms with Gasteiger partial charge in [-0.1, -0.05) is 12.1 Å². The lowest BCUT2D eigenvalue weighted by atomic mass is 9.93. The van der Waals surface area contributed by atoms with Crippen molar-refractivity contribution in [3.8, 4) is 0 Å². The van der Waals surface area contributed by atoms with Gasteiger partial charge in [-0.2, -0.15) is 0 Å². The van der Waals surface area contributed by atoms with Crippen molar-refractivity contribution in [1.29, 1.82) is 0 Å². The van der Waals surface area contributed by atoms with Crippen LogP contribution in [0.4, 0.5) is 4.39 Å². The molecule has 1 aliphatic rings. The molecule has 1 fully saturated rings. The summed E-state index contributed by atoms with van der Waals surface area (Å²) in [5.74, 6) is -1.25. The van der Waals surface area contributed by atoms with E-state index in [-0.39, 0.29) is 19.0 Å². The normalized spacial score (nSPS) is 23.7. The third-order valence-corrected chi connectivity index (χ3v) is 3.39. The molecule has 1 saturated heterocycles. The van der Waals surface area contributed by atoms with Crippen LogP contribution in [0, 0.1) is 5.82 Å². The molecule has 20 heavy (non-hydrogen) atoms. The number of morpholine rings is 1. The molecule has 0 spiro atoms. The Morgan fingerprint density at radius 3 is 2.95 bits per heavy atom. The van der Waals surface area contributed by atoms with E-state index in [1.807, 2.05) is 0 Å². The number of benzene rings is 1. The van der Waals surface area contributed by atoms with Crippen molar-refractivity contribution in [2.45, 2.75) is 12.0 Å². The van der Waals surface area contributed by atoms with Crippen molar-refractivity contribution in [1.82, 2.24) is 4.90 Å². The maximum Gasteiger partial charge on any atom is 0.317 e. The number of hydrogen-bond donors (Lipinski definition) is 2. The van der Waals surface area contributed by atoms with Gasteiger partial charge in [0, 0.05) is 19.5 Å². The number of ether oxygens (including phenoxy) is 1. The first-order valence-corrected chi connectivity index (χ1v) is 6.46. The molecule has 2 N–H and O–H groups in total. The molecule has 0 amide bonds. The predicted molar refractivity (Wildman–Crippen MR) is 69.9 cm³/mol. The number of halogens is 1. The van der Waals surface area contributed by atoms with Gasteiger partial charge in [-0.15, -0.1) is 0 Å². The molecule has 6 heteroatoms. The Morgan fingerprint density at radius 1 is 1.50 bits per heavy atom. The van der Waals surface area contributed by atoms with E-state index in [0.29, 0.717) is 26.1 Å². The van der Waals surface area contributed by atoms with Crippen molar-refractivity contribution in [3.63, 3.8) is 0 Å². The van der Waals surface area contributed by atoms with Crippen LogP contribution in [0.5, 0.6) is 0 Å². The van der Waals surface area contributed by atoms with E-state index in [2.05, 4.69) is 0 Å². The highest BCUT2D eigenvalue weighted by molar-refractivity contribution is 5.69. The highest BCUT2D eigenvalue weighted by atomic mass is 19.1. The number of carboxylic acid groups (broad SMARTS) is 1. The minimum atomic E-state index is -0.913. The van der Waals surface area contributed by atoms with E-state index in [1.165, 1.54) is 12.1 Å². The molecular formula is C14H18FNO4. The summed E-state index contributed by atoms with van der Waals surface area (Å²) >= 11 is 0. The van der Waals surface area contributed by atoms with Gasteiger partial charge in [0.1, 0.15) is 11.4 Å². The van der Waals surface area contributed by atoms with E-state index in [9.17, 15) is 14.3 Å². The molecule has 1 atom stereocenters. The first-order valence-electron chi connectivity index (χ1n) is 6.46. The SMILES string of the molecule is O=C(O)CN1CCO[C@@](CO)(Cc2cccc(F)c2)C1. The van der Waals surface area contributed by atoms with Crippen molar-refractivity contribution in [3.05, 3.63) is 35.6 Å². The van der Waals surface area contributed by atoms with Gasteiger partial charge in [-0.25, -0.2) is 4.39 Å². The summed E-state index contributed by atoms with van der Waals surface area (Å²) in [6.07, 6.45) is 0.345. The zero-order valence-electron chi connectivity index (χ0n) is 11.1. The van der Waals surface area contributed by atoms with E-state index >= 15 is 0 Å². The Balaban J connectivity index is 2.10. The fourth-order valence-corrected chi connectivity index (χ4v) is 2.53. The van der Waals surface area contributed by atoms with E-state index in [1.54, 1.807) is 17.0 Å². The minimum Gasteiger partial charge on any atom is -0.480 e. The minimum absolute atomic E-state index is 0.0890. The molecule has 0 aromatic heterocycles. The fraction of sp³-hybridized carbons (Fsp3) is 0.500. The smallest absolute Gasteiger partial charge is 0.317 e. The molecule has 110 valence electrons. The van der Waals surface area contributed by atoms with Crippen LogP contribution in [-0.4, -0.2) is 59.5 Å². The summed E-state index contributed by atoms with van der Waals surface area (Å²) in [4.78, 5) is 12.5. The fourth-order valence-electron chi connectivity index (χ4n) is 2.53. The third-order valence-electron chi connectivity index (χ3n) is 3.39. The second kappa shape index (κ2) is 6.30. The molecule has 0 bridgehead atoms. The average molecular weight is 283 g/mol. The molecule has 5 nitrogen and oxygen atoms in total. The quantitative estimate of drug-likeness (QED) is 0.824. The van der Waals surface area contributed by atoms with Gasteiger partial charge in [0.15, 0.2) is 0 Å². The van der Waals surface area contributed by atoms with Gasteiger partial charge in [0.2, 0.25) is 0 Å². The number of rotatable bonds is 5. The van der Waals surface area contributed by atoms with Crippen molar-refractivity contribution in [2.24, 2.45) is 0 Å². The number of carbonyl (C=O) groups is 1. The standard InChI is InChI=1S/C14H18FNO4/c15-12-3-1-2-11(6-12)7-14(10-17)9-16(4-5-20-14)8-13(18)19/h1-3,6,17H,4-5,7-10H2,(H,18,19)/t14-/m0/s1. The zero-order valence-corrected chi connectivity index (χ0v) is 11.1. The van der Waals surface area contributed by atoms with Gasteiger partial charge >= 0.3 is 5.97 Å². The van der Waals surface area contributed by atoms with Gasteiger partial charge in [-0.3, -0.25) is 9.69 Å². The summed E-state index contributed by atoms with van der Waals surface area (Å²) in [6.45, 7) is 0.848. The lowest BCUT2D eigenvalue weighted by molar-refractivity contribution is -0.150. The van der Waals surface area contributed by atoms with Crippen LogP contribution in [0.2, 0.25) is 0 Å². The molecular weight excluding hydrogens is 265 g/mol.